The summed E-state index contributed by atoms with van der Waals surface area (Å²) < 4.78 is 0. The number of rotatable bonds is 6. The summed E-state index contributed by atoms with van der Waals surface area (Å²) in [6, 6.07) is 7.85. The normalized spacial score (nSPS) is 16.8. The van der Waals surface area contributed by atoms with Gasteiger partial charge in [-0.3, -0.25) is 4.90 Å². The second-order valence-electron chi connectivity index (χ2n) is 5.57. The van der Waals surface area contributed by atoms with Crippen molar-refractivity contribution in [3.8, 4) is 0 Å². The van der Waals surface area contributed by atoms with Crippen LogP contribution >= 0.6 is 0 Å². The summed E-state index contributed by atoms with van der Waals surface area (Å²) in [6.45, 7) is 9.21. The summed E-state index contributed by atoms with van der Waals surface area (Å²) in [6.07, 6.45) is 6.49. The molecule has 1 atom stereocenters. The first kappa shape index (κ1) is 13.6. The van der Waals surface area contributed by atoms with Crippen LogP contribution in [-0.2, 0) is 19.5 Å². The van der Waals surface area contributed by atoms with Crippen molar-refractivity contribution < 1.29 is 0 Å². The highest BCUT2D eigenvalue weighted by molar-refractivity contribution is 5.34. The highest BCUT2D eigenvalue weighted by Crippen LogP contribution is 2.28. The van der Waals surface area contributed by atoms with Crippen molar-refractivity contribution in [2.45, 2.75) is 72.0 Å². The Morgan fingerprint density at radius 3 is 2.56 bits per heavy atom. The molecule has 1 aromatic carbocycles. The Morgan fingerprint density at radius 2 is 1.89 bits per heavy atom. The minimum Gasteiger partial charge on any atom is -0.292 e. The van der Waals surface area contributed by atoms with Gasteiger partial charge in [0.1, 0.15) is 0 Å². The lowest BCUT2D eigenvalue weighted by Crippen LogP contribution is -2.29. The average molecular weight is 245 g/mol. The molecule has 1 aromatic rings. The second-order valence-corrected chi connectivity index (χ2v) is 5.57. The number of unbranched alkanes of at least 4 members (excludes halogenated alkanes) is 1. The lowest BCUT2D eigenvalue weighted by atomic mass is 10.1. The van der Waals surface area contributed by atoms with Crippen LogP contribution in [0, 0.1) is 0 Å². The highest BCUT2D eigenvalue weighted by atomic mass is 15.2. The van der Waals surface area contributed by atoms with Gasteiger partial charge in [-0.1, -0.05) is 51.8 Å². The van der Waals surface area contributed by atoms with Crippen LogP contribution in [-0.4, -0.2) is 10.9 Å². The summed E-state index contributed by atoms with van der Waals surface area (Å²) in [7, 11) is 0. The van der Waals surface area contributed by atoms with Crippen LogP contribution in [0.25, 0.3) is 0 Å². The number of nitrogens with zero attached hydrogens (tertiary/aromatic N) is 1. The van der Waals surface area contributed by atoms with Crippen LogP contribution in [0.1, 0.15) is 63.1 Å². The van der Waals surface area contributed by atoms with Crippen LogP contribution in [0.3, 0.4) is 0 Å². The van der Waals surface area contributed by atoms with E-state index in [4.69, 9.17) is 0 Å². The summed E-state index contributed by atoms with van der Waals surface area (Å²) >= 11 is 0. The largest absolute Gasteiger partial charge is 0.292 e. The van der Waals surface area contributed by atoms with E-state index >= 15 is 0 Å². The van der Waals surface area contributed by atoms with Gasteiger partial charge in [0.15, 0.2) is 0 Å². The molecule has 1 aliphatic rings. The first-order valence-corrected chi connectivity index (χ1v) is 7.63. The Morgan fingerprint density at radius 1 is 1.11 bits per heavy atom. The van der Waals surface area contributed by atoms with Crippen LogP contribution in [0.4, 0.5) is 0 Å². The van der Waals surface area contributed by atoms with Crippen molar-refractivity contribution in [2.24, 2.45) is 0 Å². The zero-order valence-electron chi connectivity index (χ0n) is 12.2. The molecule has 0 spiro atoms. The topological polar surface area (TPSA) is 3.24 Å². The number of fused-ring (bicyclic) bond motifs is 1. The van der Waals surface area contributed by atoms with E-state index in [1.807, 2.05) is 0 Å². The summed E-state index contributed by atoms with van der Waals surface area (Å²) in [4.78, 5) is 2.68. The van der Waals surface area contributed by atoms with Gasteiger partial charge < -0.3 is 0 Å². The predicted molar refractivity (Wildman–Crippen MR) is 78.7 cm³/mol. The van der Waals surface area contributed by atoms with Gasteiger partial charge in [0, 0.05) is 19.1 Å². The smallest absolute Gasteiger partial charge is 0.0243 e. The minimum atomic E-state index is 0.780. The van der Waals surface area contributed by atoms with E-state index < -0.39 is 0 Å². The molecule has 0 fully saturated rings. The van der Waals surface area contributed by atoms with Gasteiger partial charge in [0.2, 0.25) is 0 Å². The molecule has 100 valence electrons. The Kier molecular flexibility index (Phi) is 4.82. The molecule has 1 heterocycles. The van der Waals surface area contributed by atoms with E-state index in [-0.39, 0.29) is 0 Å². The van der Waals surface area contributed by atoms with Crippen molar-refractivity contribution in [3.05, 3.63) is 34.9 Å². The Bertz CT molecular complexity index is 383. The standard InChI is InChI=1S/C17H27N/c1-4-7-8-17(6-3)18-12-15-10-9-14(5-2)11-16(15)13-18/h9-11,17H,4-8,12-13H2,1-3H3. The van der Waals surface area contributed by atoms with Gasteiger partial charge in [0.05, 0.1) is 0 Å². The molecule has 1 nitrogen and oxygen atoms in total. The molecule has 0 radical (unpaired) electrons. The third kappa shape index (κ3) is 2.95. The fourth-order valence-corrected chi connectivity index (χ4v) is 3.04. The molecule has 18 heavy (non-hydrogen) atoms. The maximum absolute atomic E-state index is 2.68. The SMILES string of the molecule is CCCCC(CC)N1Cc2ccc(CC)cc2C1. The zero-order valence-corrected chi connectivity index (χ0v) is 12.2. The fourth-order valence-electron chi connectivity index (χ4n) is 3.04. The lowest BCUT2D eigenvalue weighted by molar-refractivity contribution is 0.180. The maximum atomic E-state index is 2.68. The average Bonchev–Trinajstić information content (AvgIpc) is 2.82. The van der Waals surface area contributed by atoms with Crippen molar-refractivity contribution in [2.75, 3.05) is 0 Å². The number of hydrogen-bond donors (Lipinski definition) is 0. The molecule has 0 saturated heterocycles. The molecule has 2 rings (SSSR count). The van der Waals surface area contributed by atoms with Gasteiger partial charge >= 0.3 is 0 Å². The van der Waals surface area contributed by atoms with Crippen LogP contribution < -0.4 is 0 Å². The zero-order chi connectivity index (χ0) is 13.0. The van der Waals surface area contributed by atoms with Crippen molar-refractivity contribution in [3.63, 3.8) is 0 Å². The first-order chi connectivity index (χ1) is 8.78. The van der Waals surface area contributed by atoms with Crippen LogP contribution in [0.2, 0.25) is 0 Å². The summed E-state index contributed by atoms with van der Waals surface area (Å²) in [5.74, 6) is 0. The molecule has 0 aliphatic carbocycles. The van der Waals surface area contributed by atoms with Gasteiger partial charge in [-0.15, -0.1) is 0 Å². The molecule has 0 aromatic heterocycles. The van der Waals surface area contributed by atoms with Crippen LogP contribution in [0.5, 0.6) is 0 Å². The van der Waals surface area contributed by atoms with Gasteiger partial charge in [-0.2, -0.15) is 0 Å². The molecular weight excluding hydrogens is 218 g/mol. The second kappa shape index (κ2) is 6.38. The minimum absolute atomic E-state index is 0.780. The summed E-state index contributed by atoms with van der Waals surface area (Å²) in [5.41, 5.74) is 4.61. The van der Waals surface area contributed by atoms with Crippen molar-refractivity contribution in [1.82, 2.24) is 4.90 Å². The van der Waals surface area contributed by atoms with E-state index in [1.165, 1.54) is 44.3 Å². The van der Waals surface area contributed by atoms with Crippen molar-refractivity contribution >= 4 is 0 Å². The molecule has 1 unspecified atom stereocenters. The molecule has 0 N–H and O–H groups in total. The third-order valence-corrected chi connectivity index (χ3v) is 4.30. The van der Waals surface area contributed by atoms with E-state index in [9.17, 15) is 0 Å². The van der Waals surface area contributed by atoms with E-state index in [0.29, 0.717) is 0 Å². The Hall–Kier alpha value is -0.820. The fraction of sp³-hybridized carbons (Fsp3) is 0.647. The van der Waals surface area contributed by atoms with E-state index in [1.54, 1.807) is 11.1 Å². The monoisotopic (exact) mass is 245 g/mol. The highest BCUT2D eigenvalue weighted by Gasteiger charge is 2.24. The molecule has 1 aliphatic heterocycles. The van der Waals surface area contributed by atoms with E-state index in [2.05, 4.69) is 43.9 Å². The Balaban J connectivity index is 2.03. The molecule has 0 saturated carbocycles. The van der Waals surface area contributed by atoms with Gasteiger partial charge in [-0.05, 0) is 36.0 Å². The number of aryl methyl sites for hydroxylation is 1. The van der Waals surface area contributed by atoms with Crippen LogP contribution in [0.15, 0.2) is 18.2 Å². The Labute approximate surface area is 112 Å². The molecule has 0 bridgehead atoms. The summed E-state index contributed by atoms with van der Waals surface area (Å²) in [5, 5.41) is 0. The lowest BCUT2D eigenvalue weighted by Gasteiger charge is -2.26. The molecule has 1 heteroatoms. The van der Waals surface area contributed by atoms with Gasteiger partial charge in [0.25, 0.3) is 0 Å². The molecule has 0 amide bonds. The maximum Gasteiger partial charge on any atom is 0.0243 e. The number of benzene rings is 1. The number of hydrogen-bond acceptors (Lipinski definition) is 1. The first-order valence-electron chi connectivity index (χ1n) is 7.63. The van der Waals surface area contributed by atoms with Gasteiger partial charge in [-0.25, -0.2) is 0 Å². The quantitative estimate of drug-likeness (QED) is 0.711. The molecular formula is C17H27N. The predicted octanol–water partition coefficient (Wildman–Crippen LogP) is 4.53. The van der Waals surface area contributed by atoms with Crippen molar-refractivity contribution in [1.29, 1.82) is 0 Å². The van der Waals surface area contributed by atoms with E-state index in [0.717, 1.165) is 12.5 Å². The third-order valence-electron chi connectivity index (χ3n) is 4.30.